The second-order valence-electron chi connectivity index (χ2n) is 7.89. The van der Waals surface area contributed by atoms with Crippen molar-refractivity contribution in [1.82, 2.24) is 4.90 Å². The maximum absolute atomic E-state index is 11.3. The van der Waals surface area contributed by atoms with Gasteiger partial charge >= 0.3 is 0 Å². The molecule has 0 radical (unpaired) electrons. The quantitative estimate of drug-likeness (QED) is 0.845. The van der Waals surface area contributed by atoms with Gasteiger partial charge in [0.15, 0.2) is 0 Å². The Bertz CT molecular complexity index is 861. The molecule has 2 aliphatic rings. The van der Waals surface area contributed by atoms with Crippen molar-refractivity contribution in [2.45, 2.75) is 38.3 Å². The van der Waals surface area contributed by atoms with Crippen LogP contribution in [0.15, 0.2) is 36.4 Å². The Hall–Kier alpha value is -2.04. The number of nitrogens with one attached hydrogen (secondary N) is 1. The molecule has 27 heavy (non-hydrogen) atoms. The number of fused-ring (bicyclic) bond motifs is 1. The standard InChI is InChI=1S/C22H26ClN3O/c1-14(27)24-16-6-4-15(5-7-16)20-12-25(2)13-21-19(20)10-18(11-22(21)23)26(3)17-8-9-17/h4-7,10-11,17,20H,8-9,12-13H2,1-3H3,(H,24,27). The number of hydrogen-bond donors (Lipinski definition) is 1. The van der Waals surface area contributed by atoms with E-state index in [-0.39, 0.29) is 11.8 Å². The lowest BCUT2D eigenvalue weighted by Crippen LogP contribution is -2.31. The summed E-state index contributed by atoms with van der Waals surface area (Å²) >= 11 is 6.72. The monoisotopic (exact) mass is 383 g/mol. The average molecular weight is 384 g/mol. The molecule has 0 spiro atoms. The van der Waals surface area contributed by atoms with Crippen LogP contribution in [-0.4, -0.2) is 37.5 Å². The lowest BCUT2D eigenvalue weighted by molar-refractivity contribution is -0.114. The van der Waals surface area contributed by atoms with Crippen LogP contribution >= 0.6 is 11.6 Å². The van der Waals surface area contributed by atoms with Gasteiger partial charge in [-0.05, 0) is 60.8 Å². The molecular formula is C22H26ClN3O. The normalized spacial score (nSPS) is 19.5. The number of carbonyl (C=O) groups excluding carboxylic acids is 1. The highest BCUT2D eigenvalue weighted by molar-refractivity contribution is 6.31. The molecular weight excluding hydrogens is 358 g/mol. The summed E-state index contributed by atoms with van der Waals surface area (Å²) in [6.07, 6.45) is 2.53. The first-order valence-electron chi connectivity index (χ1n) is 9.53. The van der Waals surface area contributed by atoms with Gasteiger partial charge in [0.2, 0.25) is 5.91 Å². The molecule has 0 bridgehead atoms. The number of benzene rings is 2. The highest BCUT2D eigenvalue weighted by atomic mass is 35.5. The Kier molecular flexibility index (Phi) is 4.87. The number of likely N-dealkylation sites (N-methyl/N-ethyl adjacent to an activating group) is 1. The van der Waals surface area contributed by atoms with E-state index in [1.165, 1.54) is 42.1 Å². The summed E-state index contributed by atoms with van der Waals surface area (Å²) < 4.78 is 0. The van der Waals surface area contributed by atoms with Crippen molar-refractivity contribution in [3.8, 4) is 0 Å². The minimum atomic E-state index is -0.0509. The lowest BCUT2D eigenvalue weighted by Gasteiger charge is -2.34. The fourth-order valence-corrected chi connectivity index (χ4v) is 4.31. The summed E-state index contributed by atoms with van der Waals surface area (Å²) in [6.45, 7) is 3.36. The summed E-state index contributed by atoms with van der Waals surface area (Å²) in [5.41, 5.74) is 5.85. The van der Waals surface area contributed by atoms with Gasteiger partial charge in [-0.3, -0.25) is 4.79 Å². The fourth-order valence-electron chi connectivity index (χ4n) is 4.03. The Balaban J connectivity index is 1.71. The maximum atomic E-state index is 11.3. The molecule has 0 saturated heterocycles. The first-order chi connectivity index (χ1) is 12.9. The van der Waals surface area contributed by atoms with Crippen LogP contribution in [0.5, 0.6) is 0 Å². The molecule has 4 nitrogen and oxygen atoms in total. The van der Waals surface area contributed by atoms with Crippen molar-refractivity contribution in [2.75, 3.05) is 30.9 Å². The van der Waals surface area contributed by atoms with Crippen LogP contribution in [0.1, 0.15) is 42.4 Å². The number of carbonyl (C=O) groups is 1. The zero-order valence-electron chi connectivity index (χ0n) is 16.1. The van der Waals surface area contributed by atoms with Crippen molar-refractivity contribution in [3.05, 3.63) is 58.1 Å². The minimum Gasteiger partial charge on any atom is -0.372 e. The van der Waals surface area contributed by atoms with E-state index in [0.29, 0.717) is 6.04 Å². The topological polar surface area (TPSA) is 35.6 Å². The number of nitrogens with zero attached hydrogens (tertiary/aromatic N) is 2. The minimum absolute atomic E-state index is 0.0509. The maximum Gasteiger partial charge on any atom is 0.221 e. The fraction of sp³-hybridized carbons (Fsp3) is 0.409. The Morgan fingerprint density at radius 2 is 1.93 bits per heavy atom. The molecule has 5 heteroatoms. The van der Waals surface area contributed by atoms with Gasteiger partial charge in [0.05, 0.1) is 0 Å². The predicted molar refractivity (Wildman–Crippen MR) is 112 cm³/mol. The molecule has 4 rings (SSSR count). The molecule has 1 amide bonds. The number of amides is 1. The molecule has 1 heterocycles. The average Bonchev–Trinajstić information content (AvgIpc) is 3.46. The van der Waals surface area contributed by atoms with E-state index in [9.17, 15) is 4.79 Å². The van der Waals surface area contributed by atoms with Crippen molar-refractivity contribution < 1.29 is 4.79 Å². The number of anilines is 2. The van der Waals surface area contributed by atoms with E-state index in [1.54, 1.807) is 0 Å². The summed E-state index contributed by atoms with van der Waals surface area (Å²) in [4.78, 5) is 16.0. The van der Waals surface area contributed by atoms with Gasteiger partial charge < -0.3 is 15.1 Å². The van der Waals surface area contributed by atoms with Gasteiger partial charge in [-0.1, -0.05) is 23.7 Å². The third-order valence-corrected chi connectivity index (χ3v) is 5.98. The Labute approximate surface area is 166 Å². The van der Waals surface area contributed by atoms with Crippen LogP contribution in [0.4, 0.5) is 11.4 Å². The van der Waals surface area contributed by atoms with Crippen molar-refractivity contribution in [2.24, 2.45) is 0 Å². The van der Waals surface area contributed by atoms with Gasteiger partial charge in [-0.15, -0.1) is 0 Å². The summed E-state index contributed by atoms with van der Waals surface area (Å²) in [7, 11) is 4.31. The van der Waals surface area contributed by atoms with E-state index in [1.807, 2.05) is 12.1 Å². The van der Waals surface area contributed by atoms with Crippen molar-refractivity contribution >= 4 is 28.9 Å². The summed E-state index contributed by atoms with van der Waals surface area (Å²) in [6, 6.07) is 13.3. The van der Waals surface area contributed by atoms with E-state index in [0.717, 1.165) is 23.8 Å². The summed E-state index contributed by atoms with van der Waals surface area (Å²) in [5.74, 6) is 0.222. The molecule has 1 unspecified atom stereocenters. The Morgan fingerprint density at radius 1 is 1.22 bits per heavy atom. The first kappa shape index (κ1) is 18.3. The third-order valence-electron chi connectivity index (χ3n) is 5.65. The van der Waals surface area contributed by atoms with Crippen LogP contribution in [-0.2, 0) is 11.3 Å². The molecule has 1 fully saturated rings. The van der Waals surface area contributed by atoms with Gasteiger partial charge in [0, 0.05) is 55.4 Å². The van der Waals surface area contributed by atoms with Gasteiger partial charge in [-0.2, -0.15) is 0 Å². The van der Waals surface area contributed by atoms with E-state index in [4.69, 9.17) is 11.6 Å². The van der Waals surface area contributed by atoms with Gasteiger partial charge in [0.1, 0.15) is 0 Å². The zero-order valence-corrected chi connectivity index (χ0v) is 16.9. The Morgan fingerprint density at radius 3 is 2.56 bits per heavy atom. The molecule has 1 atom stereocenters. The highest BCUT2D eigenvalue weighted by Crippen LogP contribution is 2.41. The molecule has 1 saturated carbocycles. The molecule has 0 aromatic heterocycles. The van der Waals surface area contributed by atoms with Crippen LogP contribution in [0.25, 0.3) is 0 Å². The molecule has 1 aliphatic carbocycles. The molecule has 1 N–H and O–H groups in total. The zero-order chi connectivity index (χ0) is 19.1. The SMILES string of the molecule is CC(=O)Nc1ccc(C2CN(C)Cc3c(Cl)cc(N(C)C4CC4)cc32)cc1. The highest BCUT2D eigenvalue weighted by Gasteiger charge is 2.30. The van der Waals surface area contributed by atoms with Gasteiger partial charge in [-0.25, -0.2) is 0 Å². The van der Waals surface area contributed by atoms with Crippen LogP contribution in [0.2, 0.25) is 5.02 Å². The van der Waals surface area contributed by atoms with E-state index < -0.39 is 0 Å². The van der Waals surface area contributed by atoms with Crippen molar-refractivity contribution in [1.29, 1.82) is 0 Å². The van der Waals surface area contributed by atoms with E-state index >= 15 is 0 Å². The lowest BCUT2D eigenvalue weighted by atomic mass is 9.84. The summed E-state index contributed by atoms with van der Waals surface area (Å²) in [5, 5.41) is 3.70. The molecule has 2 aromatic rings. The van der Waals surface area contributed by atoms with E-state index in [2.05, 4.69) is 53.5 Å². The smallest absolute Gasteiger partial charge is 0.221 e. The van der Waals surface area contributed by atoms with Crippen molar-refractivity contribution in [3.63, 3.8) is 0 Å². The van der Waals surface area contributed by atoms with Crippen LogP contribution in [0.3, 0.4) is 0 Å². The number of rotatable bonds is 4. The van der Waals surface area contributed by atoms with Crippen LogP contribution < -0.4 is 10.2 Å². The second-order valence-corrected chi connectivity index (χ2v) is 8.30. The predicted octanol–water partition coefficient (Wildman–Crippen LogP) is 4.47. The first-order valence-corrected chi connectivity index (χ1v) is 9.91. The molecule has 1 aliphatic heterocycles. The third kappa shape index (κ3) is 3.83. The largest absolute Gasteiger partial charge is 0.372 e. The number of hydrogen-bond acceptors (Lipinski definition) is 3. The molecule has 2 aromatic carbocycles. The second kappa shape index (κ2) is 7.17. The van der Waals surface area contributed by atoms with Gasteiger partial charge in [0.25, 0.3) is 0 Å². The number of halogens is 1. The van der Waals surface area contributed by atoms with Crippen LogP contribution in [0, 0.1) is 0 Å². The molecule has 142 valence electrons.